The summed E-state index contributed by atoms with van der Waals surface area (Å²) >= 11 is 11.1. The zero-order valence-corrected chi connectivity index (χ0v) is 9.65. The molecule has 0 aliphatic rings. The first-order valence-corrected chi connectivity index (χ1v) is 5.04. The predicted octanol–water partition coefficient (Wildman–Crippen LogP) is 3.50. The van der Waals surface area contributed by atoms with Crippen molar-refractivity contribution in [3.8, 4) is 0 Å². The minimum absolute atomic E-state index is 0.0712. The Labute approximate surface area is 100 Å². The predicted molar refractivity (Wildman–Crippen MR) is 55.2 cm³/mol. The summed E-state index contributed by atoms with van der Waals surface area (Å²) in [6.45, 7) is 1.63. The maximum Gasteiger partial charge on any atom is 0.340 e. The van der Waals surface area contributed by atoms with Gasteiger partial charge in [0.25, 0.3) is 6.43 Å². The normalized spacial score (nSPS) is 10.6. The van der Waals surface area contributed by atoms with Gasteiger partial charge in [-0.1, -0.05) is 23.2 Å². The lowest BCUT2D eigenvalue weighted by Gasteiger charge is -2.08. The van der Waals surface area contributed by atoms with Crippen LogP contribution in [0.4, 0.5) is 8.78 Å². The number of alkyl halides is 2. The van der Waals surface area contributed by atoms with Crippen molar-refractivity contribution < 1.29 is 18.3 Å². The molecule has 0 spiro atoms. The maximum atomic E-state index is 12.6. The van der Waals surface area contributed by atoms with E-state index in [1.54, 1.807) is 6.92 Å². The fourth-order valence-electron chi connectivity index (χ4n) is 1.02. The molecule has 0 aliphatic carbocycles. The van der Waals surface area contributed by atoms with Crippen LogP contribution in [-0.4, -0.2) is 17.6 Å². The SMILES string of the molecule is CCOC(=O)c1cc(Cl)c(Cl)nc1C(F)F. The minimum Gasteiger partial charge on any atom is -0.462 e. The number of rotatable bonds is 3. The summed E-state index contributed by atoms with van der Waals surface area (Å²) in [4.78, 5) is 14.7. The molecule has 0 bridgehead atoms. The molecule has 1 aromatic heterocycles. The molecule has 0 aliphatic heterocycles. The molecule has 1 aromatic rings. The van der Waals surface area contributed by atoms with Crippen molar-refractivity contribution in [3.63, 3.8) is 0 Å². The molecule has 88 valence electrons. The van der Waals surface area contributed by atoms with Gasteiger partial charge < -0.3 is 4.74 Å². The molecule has 0 radical (unpaired) electrons. The van der Waals surface area contributed by atoms with E-state index in [4.69, 9.17) is 23.2 Å². The van der Waals surface area contributed by atoms with E-state index in [9.17, 15) is 13.6 Å². The largest absolute Gasteiger partial charge is 0.462 e. The molecule has 0 saturated heterocycles. The summed E-state index contributed by atoms with van der Waals surface area (Å²) in [6, 6.07) is 1.02. The van der Waals surface area contributed by atoms with E-state index in [1.807, 2.05) is 0 Å². The number of hydrogen-bond donors (Lipinski definition) is 0. The number of ether oxygens (including phenoxy) is 1. The highest BCUT2D eigenvalue weighted by Crippen LogP contribution is 2.28. The number of nitrogens with zero attached hydrogens (tertiary/aromatic N) is 1. The highest BCUT2D eigenvalue weighted by Gasteiger charge is 2.23. The average Bonchev–Trinajstić information content (AvgIpc) is 2.21. The van der Waals surface area contributed by atoms with Crippen molar-refractivity contribution in [3.05, 3.63) is 27.5 Å². The van der Waals surface area contributed by atoms with Crippen LogP contribution in [0.2, 0.25) is 10.2 Å². The van der Waals surface area contributed by atoms with Crippen molar-refractivity contribution in [1.29, 1.82) is 0 Å². The lowest BCUT2D eigenvalue weighted by atomic mass is 10.2. The second-order valence-electron chi connectivity index (χ2n) is 2.71. The zero-order valence-electron chi connectivity index (χ0n) is 8.14. The Morgan fingerprint density at radius 3 is 2.69 bits per heavy atom. The molecule has 7 heteroatoms. The molecule has 0 unspecified atom stereocenters. The summed E-state index contributed by atoms with van der Waals surface area (Å²) in [5.74, 6) is -0.899. The number of carbonyl (C=O) groups is 1. The highest BCUT2D eigenvalue weighted by molar-refractivity contribution is 6.41. The molecule has 3 nitrogen and oxygen atoms in total. The fourth-order valence-corrected chi connectivity index (χ4v) is 1.32. The summed E-state index contributed by atoms with van der Waals surface area (Å²) in [5.41, 5.74) is -1.10. The van der Waals surface area contributed by atoms with Crippen LogP contribution < -0.4 is 0 Å². The van der Waals surface area contributed by atoms with E-state index < -0.39 is 18.1 Å². The summed E-state index contributed by atoms with van der Waals surface area (Å²) in [6.07, 6.45) is -2.92. The molecular weight excluding hydrogens is 263 g/mol. The first-order chi connectivity index (χ1) is 7.47. The smallest absolute Gasteiger partial charge is 0.340 e. The van der Waals surface area contributed by atoms with Crippen LogP contribution in [0, 0.1) is 0 Å². The third kappa shape index (κ3) is 2.80. The van der Waals surface area contributed by atoms with E-state index >= 15 is 0 Å². The molecule has 0 saturated carbocycles. The van der Waals surface area contributed by atoms with Crippen LogP contribution in [0.5, 0.6) is 0 Å². The van der Waals surface area contributed by atoms with Gasteiger partial charge in [0.2, 0.25) is 0 Å². The van der Waals surface area contributed by atoms with Crippen LogP contribution in [0.3, 0.4) is 0 Å². The Morgan fingerprint density at radius 2 is 2.19 bits per heavy atom. The topological polar surface area (TPSA) is 39.2 Å². The maximum absolute atomic E-state index is 12.6. The average molecular weight is 270 g/mol. The molecule has 1 rings (SSSR count). The van der Waals surface area contributed by atoms with Gasteiger partial charge in [0.05, 0.1) is 17.2 Å². The first-order valence-electron chi connectivity index (χ1n) is 4.28. The fraction of sp³-hybridized carbons (Fsp3) is 0.333. The van der Waals surface area contributed by atoms with Crippen molar-refractivity contribution in [1.82, 2.24) is 4.98 Å². The standard InChI is InChI=1S/C9H7Cl2F2NO2/c1-2-16-9(15)4-3-5(10)7(11)14-6(4)8(12)13/h3,8H,2H2,1H3. The van der Waals surface area contributed by atoms with Crippen LogP contribution in [0.25, 0.3) is 0 Å². The van der Waals surface area contributed by atoms with E-state index in [-0.39, 0.29) is 22.3 Å². The first kappa shape index (κ1) is 13.1. The van der Waals surface area contributed by atoms with Gasteiger partial charge in [-0.05, 0) is 13.0 Å². The van der Waals surface area contributed by atoms with Crippen LogP contribution >= 0.6 is 23.2 Å². The van der Waals surface area contributed by atoms with Gasteiger partial charge in [0.1, 0.15) is 10.8 Å². The van der Waals surface area contributed by atoms with Gasteiger partial charge in [0, 0.05) is 0 Å². The monoisotopic (exact) mass is 269 g/mol. The second kappa shape index (κ2) is 5.41. The Hall–Kier alpha value is -0.940. The van der Waals surface area contributed by atoms with Gasteiger partial charge in [-0.3, -0.25) is 0 Å². The number of carbonyl (C=O) groups excluding carboxylic acids is 1. The Bertz CT molecular complexity index is 413. The molecular formula is C9H7Cl2F2NO2. The van der Waals surface area contributed by atoms with E-state index in [0.717, 1.165) is 6.07 Å². The molecule has 0 atom stereocenters. The summed E-state index contributed by atoms with van der Waals surface area (Å²) < 4.78 is 29.7. The van der Waals surface area contributed by atoms with Crippen molar-refractivity contribution in [2.45, 2.75) is 13.3 Å². The Balaban J connectivity index is 3.24. The molecule has 0 fully saturated rings. The quantitative estimate of drug-likeness (QED) is 0.623. The van der Waals surface area contributed by atoms with Gasteiger partial charge in [-0.15, -0.1) is 0 Å². The van der Waals surface area contributed by atoms with Crippen molar-refractivity contribution in [2.24, 2.45) is 0 Å². The lowest BCUT2D eigenvalue weighted by molar-refractivity contribution is 0.0513. The summed E-state index contributed by atoms with van der Waals surface area (Å²) in [5, 5.41) is -0.348. The van der Waals surface area contributed by atoms with Crippen LogP contribution in [0.15, 0.2) is 6.07 Å². The lowest BCUT2D eigenvalue weighted by Crippen LogP contribution is -2.10. The van der Waals surface area contributed by atoms with Crippen LogP contribution in [-0.2, 0) is 4.74 Å². The molecule has 0 N–H and O–H groups in total. The molecule has 16 heavy (non-hydrogen) atoms. The molecule has 1 heterocycles. The number of pyridine rings is 1. The van der Waals surface area contributed by atoms with Crippen LogP contribution in [0.1, 0.15) is 29.4 Å². The Morgan fingerprint density at radius 1 is 1.56 bits per heavy atom. The number of aromatic nitrogens is 1. The van der Waals surface area contributed by atoms with Gasteiger partial charge >= 0.3 is 5.97 Å². The summed E-state index contributed by atoms with van der Waals surface area (Å²) in [7, 11) is 0. The zero-order chi connectivity index (χ0) is 12.3. The van der Waals surface area contributed by atoms with Crippen molar-refractivity contribution >= 4 is 29.2 Å². The minimum atomic E-state index is -2.92. The third-order valence-electron chi connectivity index (χ3n) is 1.66. The van der Waals surface area contributed by atoms with E-state index in [1.165, 1.54) is 0 Å². The molecule has 0 amide bonds. The second-order valence-corrected chi connectivity index (χ2v) is 3.48. The van der Waals surface area contributed by atoms with Crippen molar-refractivity contribution in [2.75, 3.05) is 6.61 Å². The number of halogens is 4. The van der Waals surface area contributed by atoms with Gasteiger partial charge in [0.15, 0.2) is 0 Å². The Kier molecular flexibility index (Phi) is 4.44. The third-order valence-corrected chi connectivity index (χ3v) is 2.34. The van der Waals surface area contributed by atoms with Gasteiger partial charge in [-0.2, -0.15) is 0 Å². The van der Waals surface area contributed by atoms with E-state index in [2.05, 4.69) is 9.72 Å². The highest BCUT2D eigenvalue weighted by atomic mass is 35.5. The van der Waals surface area contributed by atoms with E-state index in [0.29, 0.717) is 0 Å². The number of esters is 1. The number of hydrogen-bond acceptors (Lipinski definition) is 3. The van der Waals surface area contributed by atoms with Gasteiger partial charge in [-0.25, -0.2) is 18.6 Å². The molecule has 0 aromatic carbocycles.